The standard InChI is InChI=1S/C17H16ClN5O/c1-12(11-23-16-5-3-2-4-15(16)20-22-23)19-21-17(24)10-13-6-8-14(18)9-7-13/h2-9H,10-11H2,1H3,(H,21,24)/b19-12-. The number of nitrogens with one attached hydrogen (secondary N) is 1. The lowest BCUT2D eigenvalue weighted by molar-refractivity contribution is -0.120. The summed E-state index contributed by atoms with van der Waals surface area (Å²) in [5.74, 6) is -0.180. The molecule has 0 fully saturated rings. The predicted molar refractivity (Wildman–Crippen MR) is 93.9 cm³/mol. The van der Waals surface area contributed by atoms with E-state index < -0.39 is 0 Å². The number of halogens is 1. The number of para-hydroxylation sites is 1. The van der Waals surface area contributed by atoms with E-state index in [-0.39, 0.29) is 12.3 Å². The molecule has 0 radical (unpaired) electrons. The fourth-order valence-corrected chi connectivity index (χ4v) is 2.40. The summed E-state index contributed by atoms with van der Waals surface area (Å²) in [6.45, 7) is 2.29. The first-order chi connectivity index (χ1) is 11.6. The maximum Gasteiger partial charge on any atom is 0.244 e. The number of benzene rings is 2. The summed E-state index contributed by atoms with van der Waals surface area (Å²) in [6, 6.07) is 14.9. The van der Waals surface area contributed by atoms with Gasteiger partial charge in [-0.2, -0.15) is 5.10 Å². The van der Waals surface area contributed by atoms with Gasteiger partial charge in [-0.3, -0.25) is 4.79 Å². The highest BCUT2D eigenvalue weighted by molar-refractivity contribution is 6.30. The van der Waals surface area contributed by atoms with Crippen molar-refractivity contribution in [3.05, 3.63) is 59.1 Å². The summed E-state index contributed by atoms with van der Waals surface area (Å²) in [6.07, 6.45) is 0.250. The van der Waals surface area contributed by atoms with E-state index in [4.69, 9.17) is 11.6 Å². The van der Waals surface area contributed by atoms with Crippen molar-refractivity contribution in [1.82, 2.24) is 20.4 Å². The van der Waals surface area contributed by atoms with Gasteiger partial charge in [0, 0.05) is 5.02 Å². The lowest BCUT2D eigenvalue weighted by atomic mass is 10.1. The van der Waals surface area contributed by atoms with Crippen LogP contribution in [0.2, 0.25) is 5.02 Å². The number of aromatic nitrogens is 3. The minimum absolute atomic E-state index is 0.180. The summed E-state index contributed by atoms with van der Waals surface area (Å²) in [5.41, 5.74) is 5.93. The normalized spacial score (nSPS) is 11.7. The maximum absolute atomic E-state index is 11.9. The average molecular weight is 342 g/mol. The molecular formula is C17H16ClN5O. The van der Waals surface area contributed by atoms with Gasteiger partial charge < -0.3 is 0 Å². The van der Waals surface area contributed by atoms with Crippen molar-refractivity contribution in [3.8, 4) is 0 Å². The zero-order chi connectivity index (χ0) is 16.9. The maximum atomic E-state index is 11.9. The van der Waals surface area contributed by atoms with Gasteiger partial charge in [-0.05, 0) is 36.8 Å². The van der Waals surface area contributed by atoms with E-state index in [2.05, 4.69) is 20.8 Å². The van der Waals surface area contributed by atoms with Gasteiger partial charge in [0.25, 0.3) is 0 Å². The smallest absolute Gasteiger partial charge is 0.244 e. The summed E-state index contributed by atoms with van der Waals surface area (Å²) < 4.78 is 1.75. The zero-order valence-corrected chi connectivity index (χ0v) is 13.9. The third-order valence-corrected chi connectivity index (χ3v) is 3.70. The van der Waals surface area contributed by atoms with Gasteiger partial charge in [0.1, 0.15) is 5.52 Å². The fourth-order valence-electron chi connectivity index (χ4n) is 2.27. The van der Waals surface area contributed by atoms with Crippen LogP contribution in [0.25, 0.3) is 11.0 Å². The quantitative estimate of drug-likeness (QED) is 0.573. The van der Waals surface area contributed by atoms with Crippen LogP contribution >= 0.6 is 11.6 Å². The Kier molecular flexibility index (Phi) is 4.86. The van der Waals surface area contributed by atoms with Crippen molar-refractivity contribution < 1.29 is 4.79 Å². The first kappa shape index (κ1) is 16.1. The van der Waals surface area contributed by atoms with Crippen molar-refractivity contribution in [2.75, 3.05) is 0 Å². The van der Waals surface area contributed by atoms with Crippen molar-refractivity contribution in [1.29, 1.82) is 0 Å². The minimum Gasteiger partial charge on any atom is -0.273 e. The average Bonchev–Trinajstić information content (AvgIpc) is 2.98. The third kappa shape index (κ3) is 3.97. The second kappa shape index (κ2) is 7.23. The van der Waals surface area contributed by atoms with E-state index in [1.54, 1.807) is 16.8 Å². The topological polar surface area (TPSA) is 72.2 Å². The zero-order valence-electron chi connectivity index (χ0n) is 13.1. The van der Waals surface area contributed by atoms with Crippen LogP contribution in [0.15, 0.2) is 53.6 Å². The predicted octanol–water partition coefficient (Wildman–Crippen LogP) is 2.82. The molecule has 6 nitrogen and oxygen atoms in total. The van der Waals surface area contributed by atoms with Gasteiger partial charge in [0.05, 0.1) is 24.2 Å². The molecule has 24 heavy (non-hydrogen) atoms. The molecule has 0 aliphatic rings. The highest BCUT2D eigenvalue weighted by Crippen LogP contribution is 2.10. The van der Waals surface area contributed by atoms with Gasteiger partial charge in [-0.25, -0.2) is 10.1 Å². The van der Waals surface area contributed by atoms with Crippen LogP contribution < -0.4 is 5.43 Å². The Balaban J connectivity index is 1.59. The second-order valence-electron chi connectivity index (χ2n) is 5.42. The first-order valence-electron chi connectivity index (χ1n) is 7.46. The third-order valence-electron chi connectivity index (χ3n) is 3.45. The number of carbonyl (C=O) groups is 1. The Morgan fingerprint density at radius 2 is 1.96 bits per heavy atom. The van der Waals surface area contributed by atoms with Gasteiger partial charge in [0.15, 0.2) is 0 Å². The molecule has 0 aliphatic heterocycles. The van der Waals surface area contributed by atoms with Crippen molar-refractivity contribution in [3.63, 3.8) is 0 Å². The van der Waals surface area contributed by atoms with Crippen molar-refractivity contribution in [2.24, 2.45) is 5.10 Å². The molecule has 0 aliphatic carbocycles. The summed E-state index contributed by atoms with van der Waals surface area (Å²) in [7, 11) is 0. The minimum atomic E-state index is -0.180. The monoisotopic (exact) mass is 341 g/mol. The molecule has 0 spiro atoms. The Bertz CT molecular complexity index is 885. The molecule has 3 rings (SSSR count). The van der Waals surface area contributed by atoms with E-state index in [9.17, 15) is 4.79 Å². The molecule has 1 aromatic heterocycles. The SMILES string of the molecule is C/C(Cn1nnc2ccccc21)=N/NC(=O)Cc1ccc(Cl)cc1. The lowest BCUT2D eigenvalue weighted by Gasteiger charge is -2.04. The second-order valence-corrected chi connectivity index (χ2v) is 5.86. The largest absolute Gasteiger partial charge is 0.273 e. The Morgan fingerprint density at radius 1 is 1.21 bits per heavy atom. The van der Waals surface area contributed by atoms with Crippen LogP contribution in [0.4, 0.5) is 0 Å². The van der Waals surface area contributed by atoms with Crippen LogP contribution in [0, 0.1) is 0 Å². The molecule has 0 saturated heterocycles. The molecule has 2 aromatic carbocycles. The number of fused-ring (bicyclic) bond motifs is 1. The Morgan fingerprint density at radius 3 is 2.75 bits per heavy atom. The van der Waals surface area contributed by atoms with Crippen LogP contribution in [0.5, 0.6) is 0 Å². The molecule has 122 valence electrons. The van der Waals surface area contributed by atoms with Crippen LogP contribution in [-0.4, -0.2) is 26.6 Å². The molecule has 1 N–H and O–H groups in total. The number of hydrazone groups is 1. The van der Waals surface area contributed by atoms with E-state index in [1.807, 2.05) is 43.3 Å². The van der Waals surface area contributed by atoms with E-state index in [0.29, 0.717) is 11.6 Å². The number of hydrogen-bond acceptors (Lipinski definition) is 4. The molecule has 0 bridgehead atoms. The van der Waals surface area contributed by atoms with Crippen molar-refractivity contribution >= 4 is 34.3 Å². The molecule has 0 unspecified atom stereocenters. The molecule has 1 amide bonds. The number of hydrogen-bond donors (Lipinski definition) is 1. The highest BCUT2D eigenvalue weighted by atomic mass is 35.5. The summed E-state index contributed by atoms with van der Waals surface area (Å²) >= 11 is 5.82. The summed E-state index contributed by atoms with van der Waals surface area (Å²) in [5, 5.41) is 13.0. The number of nitrogens with zero attached hydrogens (tertiary/aromatic N) is 4. The Labute approximate surface area is 144 Å². The Hall–Kier alpha value is -2.73. The number of carbonyl (C=O) groups excluding carboxylic acids is 1. The van der Waals surface area contributed by atoms with E-state index >= 15 is 0 Å². The molecule has 1 heterocycles. The first-order valence-corrected chi connectivity index (χ1v) is 7.84. The molecule has 3 aromatic rings. The van der Waals surface area contributed by atoms with E-state index in [0.717, 1.165) is 22.3 Å². The van der Waals surface area contributed by atoms with Gasteiger partial charge in [-0.15, -0.1) is 5.10 Å². The fraction of sp³-hybridized carbons (Fsp3) is 0.176. The van der Waals surface area contributed by atoms with Gasteiger partial charge >= 0.3 is 0 Å². The van der Waals surface area contributed by atoms with Gasteiger partial charge in [0.2, 0.25) is 5.91 Å². The van der Waals surface area contributed by atoms with Gasteiger partial charge in [-0.1, -0.05) is 41.1 Å². The summed E-state index contributed by atoms with van der Waals surface area (Å²) in [4.78, 5) is 11.9. The van der Waals surface area contributed by atoms with Crippen LogP contribution in [0.3, 0.4) is 0 Å². The molecule has 0 saturated carbocycles. The lowest BCUT2D eigenvalue weighted by Crippen LogP contribution is -2.22. The molecule has 0 atom stereocenters. The molecule has 7 heteroatoms. The van der Waals surface area contributed by atoms with Crippen LogP contribution in [0.1, 0.15) is 12.5 Å². The number of rotatable bonds is 5. The number of amides is 1. The molecular weight excluding hydrogens is 326 g/mol. The highest BCUT2D eigenvalue weighted by Gasteiger charge is 2.06. The van der Waals surface area contributed by atoms with E-state index in [1.165, 1.54) is 0 Å². The van der Waals surface area contributed by atoms with Crippen LogP contribution in [-0.2, 0) is 17.8 Å². The van der Waals surface area contributed by atoms with Crippen molar-refractivity contribution in [2.45, 2.75) is 19.9 Å².